The minimum Gasteiger partial charge on any atom is -0.497 e. The third kappa shape index (κ3) is 2.75. The van der Waals surface area contributed by atoms with Crippen molar-refractivity contribution in [3.05, 3.63) is 71.8 Å². The second-order valence-corrected chi connectivity index (χ2v) is 5.52. The van der Waals surface area contributed by atoms with Crippen molar-refractivity contribution in [3.63, 3.8) is 0 Å². The van der Waals surface area contributed by atoms with Gasteiger partial charge in [-0.1, -0.05) is 54.1 Å². The molecule has 0 aliphatic rings. The van der Waals surface area contributed by atoms with Gasteiger partial charge in [0.25, 0.3) is 0 Å². The SMILES string of the molecule is CC=Cc1cc(OC)ccc1-c1ccc2cc(C)ccc2c1. The lowest BCUT2D eigenvalue weighted by Gasteiger charge is -2.10. The van der Waals surface area contributed by atoms with E-state index in [2.05, 4.69) is 67.6 Å². The Morgan fingerprint density at radius 1 is 0.864 bits per heavy atom. The molecule has 0 aliphatic carbocycles. The molecule has 0 aromatic heterocycles. The molecule has 3 aromatic rings. The summed E-state index contributed by atoms with van der Waals surface area (Å²) in [5.41, 5.74) is 4.92. The lowest BCUT2D eigenvalue weighted by molar-refractivity contribution is 0.415. The number of rotatable bonds is 3. The van der Waals surface area contributed by atoms with Gasteiger partial charge >= 0.3 is 0 Å². The standard InChI is InChI=1S/C21H20O/c1-4-5-18-14-20(22-3)10-11-21(18)19-9-8-16-12-15(2)6-7-17(16)13-19/h4-14H,1-3H3. The van der Waals surface area contributed by atoms with E-state index in [4.69, 9.17) is 4.74 Å². The Bertz CT molecular complexity index is 844. The summed E-state index contributed by atoms with van der Waals surface area (Å²) in [6.45, 7) is 4.16. The highest BCUT2D eigenvalue weighted by atomic mass is 16.5. The highest BCUT2D eigenvalue weighted by Crippen LogP contribution is 2.31. The van der Waals surface area contributed by atoms with Crippen LogP contribution >= 0.6 is 0 Å². The molecule has 0 saturated heterocycles. The molecule has 3 rings (SSSR count). The van der Waals surface area contributed by atoms with Crippen molar-refractivity contribution in [1.82, 2.24) is 0 Å². The summed E-state index contributed by atoms with van der Waals surface area (Å²) in [7, 11) is 1.70. The normalized spacial score (nSPS) is 11.2. The van der Waals surface area contributed by atoms with Gasteiger partial charge in [-0.05, 0) is 59.5 Å². The first-order chi connectivity index (χ1) is 10.7. The average molecular weight is 288 g/mol. The van der Waals surface area contributed by atoms with Gasteiger partial charge in [-0.25, -0.2) is 0 Å². The maximum absolute atomic E-state index is 5.34. The van der Waals surface area contributed by atoms with Gasteiger partial charge in [0.1, 0.15) is 5.75 Å². The van der Waals surface area contributed by atoms with Crippen LogP contribution in [0.5, 0.6) is 5.75 Å². The van der Waals surface area contributed by atoms with E-state index in [1.165, 1.54) is 33.0 Å². The Morgan fingerprint density at radius 3 is 2.41 bits per heavy atom. The molecule has 0 spiro atoms. The molecule has 110 valence electrons. The maximum Gasteiger partial charge on any atom is 0.119 e. The van der Waals surface area contributed by atoms with Crippen LogP contribution in [0.2, 0.25) is 0 Å². The second kappa shape index (κ2) is 6.07. The first kappa shape index (κ1) is 14.4. The zero-order valence-electron chi connectivity index (χ0n) is 13.3. The van der Waals surface area contributed by atoms with E-state index in [0.717, 1.165) is 5.75 Å². The van der Waals surface area contributed by atoms with Crippen LogP contribution < -0.4 is 4.74 Å². The van der Waals surface area contributed by atoms with E-state index in [1.807, 2.05) is 13.0 Å². The van der Waals surface area contributed by atoms with E-state index >= 15 is 0 Å². The number of fused-ring (bicyclic) bond motifs is 1. The summed E-state index contributed by atoms with van der Waals surface area (Å²) in [6, 6.07) is 19.4. The topological polar surface area (TPSA) is 9.23 Å². The van der Waals surface area contributed by atoms with Gasteiger partial charge in [0.2, 0.25) is 0 Å². The molecule has 0 fully saturated rings. The van der Waals surface area contributed by atoms with Gasteiger partial charge in [-0.3, -0.25) is 0 Å². The fourth-order valence-electron chi connectivity index (χ4n) is 2.78. The molecule has 0 saturated carbocycles. The largest absolute Gasteiger partial charge is 0.497 e. The highest BCUT2D eigenvalue weighted by Gasteiger charge is 2.06. The second-order valence-electron chi connectivity index (χ2n) is 5.52. The van der Waals surface area contributed by atoms with Gasteiger partial charge in [-0.15, -0.1) is 0 Å². The zero-order chi connectivity index (χ0) is 15.5. The summed E-state index contributed by atoms with van der Waals surface area (Å²) >= 11 is 0. The van der Waals surface area contributed by atoms with Crippen molar-refractivity contribution in [3.8, 4) is 16.9 Å². The lowest BCUT2D eigenvalue weighted by atomic mass is 9.96. The Kier molecular flexibility index (Phi) is 3.97. The summed E-state index contributed by atoms with van der Waals surface area (Å²) in [4.78, 5) is 0. The Labute approximate surface area is 131 Å². The minimum atomic E-state index is 0.883. The van der Waals surface area contributed by atoms with Crippen LogP contribution in [-0.4, -0.2) is 7.11 Å². The van der Waals surface area contributed by atoms with E-state index in [0.29, 0.717) is 0 Å². The molecule has 0 heterocycles. The lowest BCUT2D eigenvalue weighted by Crippen LogP contribution is -1.88. The van der Waals surface area contributed by atoms with Crippen LogP contribution in [0, 0.1) is 6.92 Å². The van der Waals surface area contributed by atoms with Gasteiger partial charge in [-0.2, -0.15) is 0 Å². The van der Waals surface area contributed by atoms with Crippen LogP contribution in [0.25, 0.3) is 28.0 Å². The predicted molar refractivity (Wildman–Crippen MR) is 95.4 cm³/mol. The van der Waals surface area contributed by atoms with Gasteiger partial charge in [0.15, 0.2) is 0 Å². The minimum absolute atomic E-state index is 0.883. The van der Waals surface area contributed by atoms with Crippen LogP contribution in [0.15, 0.2) is 60.7 Å². The van der Waals surface area contributed by atoms with Crippen LogP contribution in [0.4, 0.5) is 0 Å². The number of aryl methyl sites for hydroxylation is 1. The van der Waals surface area contributed by atoms with Crippen LogP contribution in [0.1, 0.15) is 18.1 Å². The van der Waals surface area contributed by atoms with Crippen LogP contribution in [0.3, 0.4) is 0 Å². The number of hydrogen-bond donors (Lipinski definition) is 0. The summed E-state index contributed by atoms with van der Waals surface area (Å²) < 4.78 is 5.34. The number of methoxy groups -OCH3 is 1. The molecule has 1 nitrogen and oxygen atoms in total. The maximum atomic E-state index is 5.34. The van der Waals surface area contributed by atoms with Crippen molar-refractivity contribution in [2.45, 2.75) is 13.8 Å². The molecule has 22 heavy (non-hydrogen) atoms. The fraction of sp³-hybridized carbons (Fsp3) is 0.143. The van der Waals surface area contributed by atoms with Gasteiger partial charge < -0.3 is 4.74 Å². The summed E-state index contributed by atoms with van der Waals surface area (Å²) in [6.07, 6.45) is 4.18. The molecule has 0 N–H and O–H groups in total. The number of allylic oxidation sites excluding steroid dienone is 1. The van der Waals surface area contributed by atoms with Crippen LogP contribution in [-0.2, 0) is 0 Å². The molecular weight excluding hydrogens is 268 g/mol. The first-order valence-electron chi connectivity index (χ1n) is 7.53. The van der Waals surface area contributed by atoms with E-state index < -0.39 is 0 Å². The van der Waals surface area contributed by atoms with Crippen molar-refractivity contribution >= 4 is 16.8 Å². The molecule has 0 radical (unpaired) electrons. The average Bonchev–Trinajstić information content (AvgIpc) is 2.54. The molecule has 3 aromatic carbocycles. The molecule has 0 aliphatic heterocycles. The Hall–Kier alpha value is -2.54. The quantitative estimate of drug-likeness (QED) is 0.586. The molecule has 1 heteroatoms. The van der Waals surface area contributed by atoms with Crippen molar-refractivity contribution in [1.29, 1.82) is 0 Å². The van der Waals surface area contributed by atoms with E-state index in [-0.39, 0.29) is 0 Å². The fourth-order valence-corrected chi connectivity index (χ4v) is 2.78. The number of hydrogen-bond acceptors (Lipinski definition) is 1. The Morgan fingerprint density at radius 2 is 1.64 bits per heavy atom. The van der Waals surface area contributed by atoms with Crippen molar-refractivity contribution < 1.29 is 4.74 Å². The zero-order valence-corrected chi connectivity index (χ0v) is 13.3. The molecule has 0 amide bonds. The molecule has 0 unspecified atom stereocenters. The molecule has 0 bridgehead atoms. The smallest absolute Gasteiger partial charge is 0.119 e. The van der Waals surface area contributed by atoms with Gasteiger partial charge in [0, 0.05) is 0 Å². The summed E-state index contributed by atoms with van der Waals surface area (Å²) in [5, 5.41) is 2.55. The predicted octanol–water partition coefficient (Wildman–Crippen LogP) is 5.86. The van der Waals surface area contributed by atoms with Crippen molar-refractivity contribution in [2.75, 3.05) is 7.11 Å². The van der Waals surface area contributed by atoms with E-state index in [1.54, 1.807) is 7.11 Å². The number of ether oxygens (including phenoxy) is 1. The molecule has 0 atom stereocenters. The summed E-state index contributed by atoms with van der Waals surface area (Å²) in [5.74, 6) is 0.883. The monoisotopic (exact) mass is 288 g/mol. The molecular formula is C21H20O. The van der Waals surface area contributed by atoms with Gasteiger partial charge in [0.05, 0.1) is 7.11 Å². The third-order valence-electron chi connectivity index (χ3n) is 3.91. The Balaban J connectivity index is 2.16. The van der Waals surface area contributed by atoms with E-state index in [9.17, 15) is 0 Å². The first-order valence-corrected chi connectivity index (χ1v) is 7.53. The third-order valence-corrected chi connectivity index (χ3v) is 3.91. The highest BCUT2D eigenvalue weighted by molar-refractivity contribution is 5.89. The number of benzene rings is 3. The van der Waals surface area contributed by atoms with Crippen molar-refractivity contribution in [2.24, 2.45) is 0 Å².